The molecule has 0 radical (unpaired) electrons. The van der Waals surface area contributed by atoms with Gasteiger partial charge >= 0.3 is 0 Å². The van der Waals surface area contributed by atoms with Crippen molar-refractivity contribution in [3.63, 3.8) is 0 Å². The fourth-order valence-corrected chi connectivity index (χ4v) is 6.04. The van der Waals surface area contributed by atoms with E-state index in [0.29, 0.717) is 5.25 Å². The molecule has 0 aromatic heterocycles. The second-order valence-electron chi connectivity index (χ2n) is 8.27. The maximum absolute atomic E-state index is 13.1. The Labute approximate surface area is 205 Å². The Morgan fingerprint density at radius 3 is 1.55 bits per heavy atom. The molecular weight excluding hydrogens is 448 g/mol. The van der Waals surface area contributed by atoms with Crippen molar-refractivity contribution in [2.45, 2.75) is 12.2 Å². The molecule has 1 heterocycles. The first-order valence-corrected chi connectivity index (χ1v) is 12.6. The number of hydrogen-bond acceptors (Lipinski definition) is 6. The Kier molecular flexibility index (Phi) is 8.64. The van der Waals surface area contributed by atoms with Crippen molar-refractivity contribution >= 4 is 58.6 Å². The Balaban J connectivity index is 1.81. The number of benzene rings is 2. The van der Waals surface area contributed by atoms with Crippen molar-refractivity contribution in [2.24, 2.45) is 0 Å². The third-order valence-corrected chi connectivity index (χ3v) is 8.10. The average Bonchev–Trinajstić information content (AvgIpc) is 3.22. The quantitative estimate of drug-likeness (QED) is 0.273. The lowest BCUT2D eigenvalue weighted by molar-refractivity contribution is -0.116. The van der Waals surface area contributed by atoms with Crippen molar-refractivity contribution in [3.05, 3.63) is 81.6 Å². The predicted molar refractivity (Wildman–Crippen MR) is 146 cm³/mol. The molecule has 0 bridgehead atoms. The molecule has 2 aromatic rings. The van der Waals surface area contributed by atoms with E-state index in [0.717, 1.165) is 32.5 Å². The fraction of sp³-hybridized carbons (Fsp3) is 0.259. The molecule has 0 N–H and O–H groups in total. The highest BCUT2D eigenvalue weighted by Crippen LogP contribution is 2.44. The van der Waals surface area contributed by atoms with Gasteiger partial charge in [-0.15, -0.1) is 23.5 Å². The molecule has 0 amide bonds. The van der Waals surface area contributed by atoms with Crippen LogP contribution < -0.4 is 9.80 Å². The summed E-state index contributed by atoms with van der Waals surface area (Å²) in [5.41, 5.74) is 4.28. The molecule has 3 rings (SSSR count). The zero-order valence-corrected chi connectivity index (χ0v) is 21.4. The van der Waals surface area contributed by atoms with Crippen LogP contribution in [-0.2, 0) is 9.59 Å². The molecule has 1 aliphatic rings. The van der Waals surface area contributed by atoms with Gasteiger partial charge in [0.1, 0.15) is 0 Å². The van der Waals surface area contributed by atoms with E-state index < -0.39 is 0 Å². The van der Waals surface area contributed by atoms with Crippen molar-refractivity contribution in [1.82, 2.24) is 0 Å². The SMILES string of the molecule is CC1CSC(=C(C(=O)C=Cc2ccc(N(C)C)cc2)C(=O)C=Cc2ccc(N(C)C)cc2)S1. The highest BCUT2D eigenvalue weighted by Gasteiger charge is 2.26. The second-order valence-corrected chi connectivity index (χ2v) is 11.0. The Morgan fingerprint density at radius 2 is 1.21 bits per heavy atom. The fourth-order valence-electron chi connectivity index (χ4n) is 3.18. The Hall–Kier alpha value is -2.70. The van der Waals surface area contributed by atoms with Gasteiger partial charge < -0.3 is 9.80 Å². The molecule has 2 aromatic carbocycles. The van der Waals surface area contributed by atoms with E-state index in [4.69, 9.17) is 0 Å². The van der Waals surface area contributed by atoms with E-state index in [-0.39, 0.29) is 17.1 Å². The summed E-state index contributed by atoms with van der Waals surface area (Å²) in [5.74, 6) is 0.386. The lowest BCUT2D eigenvalue weighted by Crippen LogP contribution is -2.10. The molecule has 4 nitrogen and oxygen atoms in total. The smallest absolute Gasteiger partial charge is 0.191 e. The minimum absolute atomic E-state index is 0.256. The van der Waals surface area contributed by atoms with Crippen molar-refractivity contribution in [2.75, 3.05) is 43.7 Å². The molecule has 33 heavy (non-hydrogen) atoms. The predicted octanol–water partition coefficient (Wildman–Crippen LogP) is 5.76. The largest absolute Gasteiger partial charge is 0.378 e. The van der Waals surface area contributed by atoms with E-state index in [2.05, 4.69) is 6.92 Å². The molecule has 0 spiro atoms. The topological polar surface area (TPSA) is 40.6 Å². The van der Waals surface area contributed by atoms with Gasteiger partial charge in [-0.25, -0.2) is 0 Å². The first kappa shape index (κ1) is 24.9. The van der Waals surface area contributed by atoms with E-state index in [1.54, 1.807) is 35.7 Å². The first-order chi connectivity index (χ1) is 15.7. The molecule has 1 aliphatic heterocycles. The maximum atomic E-state index is 13.1. The summed E-state index contributed by atoms with van der Waals surface area (Å²) >= 11 is 3.20. The Morgan fingerprint density at radius 1 is 0.788 bits per heavy atom. The molecule has 1 fully saturated rings. The van der Waals surface area contributed by atoms with Crippen LogP contribution in [0.4, 0.5) is 11.4 Å². The lowest BCUT2D eigenvalue weighted by Gasteiger charge is -2.11. The molecule has 1 saturated heterocycles. The van der Waals surface area contributed by atoms with Gasteiger partial charge in [-0.1, -0.05) is 43.3 Å². The summed E-state index contributed by atoms with van der Waals surface area (Å²) < 4.78 is 0.817. The molecule has 0 aliphatic carbocycles. The summed E-state index contributed by atoms with van der Waals surface area (Å²) in [7, 11) is 7.95. The molecule has 172 valence electrons. The number of thioether (sulfide) groups is 2. The molecular formula is C27H30N2O2S2. The summed E-state index contributed by atoms with van der Waals surface area (Å²) in [4.78, 5) is 30.3. The van der Waals surface area contributed by atoms with Crippen LogP contribution in [0.5, 0.6) is 0 Å². The number of anilines is 2. The third kappa shape index (κ3) is 6.89. The number of hydrogen-bond donors (Lipinski definition) is 0. The second kappa shape index (κ2) is 11.4. The van der Waals surface area contributed by atoms with E-state index in [1.807, 2.05) is 86.5 Å². The van der Waals surface area contributed by atoms with Crippen LogP contribution >= 0.6 is 23.5 Å². The van der Waals surface area contributed by atoms with Gasteiger partial charge in [0.25, 0.3) is 0 Å². The van der Waals surface area contributed by atoms with Gasteiger partial charge in [0, 0.05) is 50.6 Å². The van der Waals surface area contributed by atoms with Crippen LogP contribution in [0.2, 0.25) is 0 Å². The van der Waals surface area contributed by atoms with E-state index >= 15 is 0 Å². The van der Waals surface area contributed by atoms with Gasteiger partial charge in [0.2, 0.25) is 0 Å². The van der Waals surface area contributed by atoms with Gasteiger partial charge in [-0.2, -0.15) is 0 Å². The number of ketones is 2. The Bertz CT molecular complexity index is 1010. The third-order valence-electron chi connectivity index (χ3n) is 5.13. The van der Waals surface area contributed by atoms with E-state index in [1.165, 1.54) is 12.2 Å². The summed E-state index contributed by atoms with van der Waals surface area (Å²) in [6, 6.07) is 15.9. The molecule has 1 atom stereocenters. The van der Waals surface area contributed by atoms with Crippen molar-refractivity contribution < 1.29 is 9.59 Å². The normalized spacial score (nSPS) is 15.9. The average molecular weight is 479 g/mol. The number of carbonyl (C=O) groups is 2. The van der Waals surface area contributed by atoms with Crippen molar-refractivity contribution in [3.8, 4) is 0 Å². The lowest BCUT2D eigenvalue weighted by atomic mass is 10.1. The number of allylic oxidation sites excluding steroid dienone is 3. The van der Waals surface area contributed by atoms with Crippen molar-refractivity contribution in [1.29, 1.82) is 0 Å². The number of rotatable bonds is 8. The van der Waals surface area contributed by atoms with E-state index in [9.17, 15) is 9.59 Å². The maximum Gasteiger partial charge on any atom is 0.191 e. The zero-order chi connectivity index (χ0) is 24.0. The van der Waals surface area contributed by atoms with Gasteiger partial charge in [-0.3, -0.25) is 9.59 Å². The highest BCUT2D eigenvalue weighted by atomic mass is 32.2. The number of nitrogens with zero attached hydrogens (tertiary/aromatic N) is 2. The summed E-state index contributed by atoms with van der Waals surface area (Å²) in [6.07, 6.45) is 6.56. The van der Waals surface area contributed by atoms with Crippen LogP contribution in [0.25, 0.3) is 12.2 Å². The first-order valence-electron chi connectivity index (χ1n) is 10.8. The summed E-state index contributed by atoms with van der Waals surface area (Å²) in [5, 5.41) is 0.380. The minimum atomic E-state index is -0.256. The van der Waals surface area contributed by atoms with Gasteiger partial charge in [0.05, 0.1) is 9.81 Å². The standard InChI is InChI=1S/C27H30N2O2S2/c1-19-18-32-27(33-19)26(24(30)16-10-20-6-12-22(13-7-20)28(2)3)25(31)17-11-21-8-14-23(15-9-21)29(4)5/h6-17,19H,18H2,1-5H3. The zero-order valence-electron chi connectivity index (χ0n) is 19.7. The van der Waals surface area contributed by atoms with Crippen LogP contribution in [0.3, 0.4) is 0 Å². The van der Waals surface area contributed by atoms with Crippen LogP contribution in [0.15, 0.2) is 70.5 Å². The van der Waals surface area contributed by atoms with Gasteiger partial charge in [-0.05, 0) is 47.5 Å². The minimum Gasteiger partial charge on any atom is -0.378 e. The highest BCUT2D eigenvalue weighted by molar-refractivity contribution is 8.25. The van der Waals surface area contributed by atoms with Crippen LogP contribution in [0.1, 0.15) is 18.1 Å². The molecule has 0 saturated carbocycles. The van der Waals surface area contributed by atoms with Crippen LogP contribution in [0, 0.1) is 0 Å². The summed E-state index contributed by atoms with van der Waals surface area (Å²) in [6.45, 7) is 2.11. The monoisotopic (exact) mass is 478 g/mol. The van der Waals surface area contributed by atoms with Gasteiger partial charge in [0.15, 0.2) is 11.6 Å². The number of carbonyl (C=O) groups excluding carboxylic acids is 2. The van der Waals surface area contributed by atoms with Crippen LogP contribution in [-0.4, -0.2) is 50.8 Å². The molecule has 6 heteroatoms. The molecule has 1 unspecified atom stereocenters.